The van der Waals surface area contributed by atoms with E-state index in [9.17, 15) is 0 Å². The molecule has 0 bridgehead atoms. The lowest BCUT2D eigenvalue weighted by atomic mass is 10.2. The average molecular weight is 336 g/mol. The second kappa shape index (κ2) is 9.40. The highest BCUT2D eigenvalue weighted by Crippen LogP contribution is 2.29. The van der Waals surface area contributed by atoms with Gasteiger partial charge in [0, 0.05) is 18.2 Å². The van der Waals surface area contributed by atoms with E-state index in [0.717, 1.165) is 30.6 Å². The Morgan fingerprint density at radius 1 is 1.09 bits per heavy atom. The molecule has 0 saturated carbocycles. The SMILES string of the molecule is COc1cc(CNCCCO)ccc1OCc1cccc(Cl)c1. The van der Waals surface area contributed by atoms with Crippen molar-refractivity contribution in [1.82, 2.24) is 5.32 Å². The molecular weight excluding hydrogens is 314 g/mol. The molecule has 0 fully saturated rings. The quantitative estimate of drug-likeness (QED) is 0.690. The fourth-order valence-corrected chi connectivity index (χ4v) is 2.38. The smallest absolute Gasteiger partial charge is 0.161 e. The van der Waals surface area contributed by atoms with Gasteiger partial charge in [0.05, 0.1) is 7.11 Å². The molecule has 0 unspecified atom stereocenters. The molecule has 2 N–H and O–H groups in total. The predicted octanol–water partition coefficient (Wildman–Crippen LogP) is 3.40. The summed E-state index contributed by atoms with van der Waals surface area (Å²) in [5, 5.41) is 12.7. The molecular formula is C18H22ClNO3. The van der Waals surface area contributed by atoms with Gasteiger partial charge in [0.1, 0.15) is 6.61 Å². The first-order valence-electron chi connectivity index (χ1n) is 7.58. The summed E-state index contributed by atoms with van der Waals surface area (Å²) >= 11 is 5.97. The minimum absolute atomic E-state index is 0.201. The normalized spacial score (nSPS) is 10.6. The fraction of sp³-hybridized carbons (Fsp3) is 0.333. The van der Waals surface area contributed by atoms with E-state index in [1.807, 2.05) is 42.5 Å². The van der Waals surface area contributed by atoms with Crippen LogP contribution in [0.1, 0.15) is 17.5 Å². The number of rotatable bonds is 9. The van der Waals surface area contributed by atoms with E-state index in [2.05, 4.69) is 5.32 Å². The molecule has 0 aliphatic heterocycles. The summed E-state index contributed by atoms with van der Waals surface area (Å²) in [5.41, 5.74) is 2.11. The molecule has 2 aromatic rings. The third kappa shape index (κ3) is 5.75. The molecule has 4 nitrogen and oxygen atoms in total. The Morgan fingerprint density at radius 3 is 2.70 bits per heavy atom. The predicted molar refractivity (Wildman–Crippen MR) is 92.2 cm³/mol. The van der Waals surface area contributed by atoms with Gasteiger partial charge in [0.25, 0.3) is 0 Å². The number of hydrogen-bond acceptors (Lipinski definition) is 4. The van der Waals surface area contributed by atoms with Gasteiger partial charge in [-0.25, -0.2) is 0 Å². The first-order chi connectivity index (χ1) is 11.2. The lowest BCUT2D eigenvalue weighted by Gasteiger charge is -2.13. The summed E-state index contributed by atoms with van der Waals surface area (Å²) in [6, 6.07) is 13.5. The van der Waals surface area contributed by atoms with Crippen LogP contribution in [0.4, 0.5) is 0 Å². The summed E-state index contributed by atoms with van der Waals surface area (Å²) in [6.07, 6.45) is 0.748. The molecule has 0 saturated heterocycles. The minimum atomic E-state index is 0.201. The number of aliphatic hydroxyl groups is 1. The van der Waals surface area contributed by atoms with E-state index < -0.39 is 0 Å². The van der Waals surface area contributed by atoms with Crippen molar-refractivity contribution in [3.05, 3.63) is 58.6 Å². The third-order valence-corrected chi connectivity index (χ3v) is 3.59. The number of ether oxygens (including phenoxy) is 2. The topological polar surface area (TPSA) is 50.7 Å². The zero-order chi connectivity index (χ0) is 16.5. The van der Waals surface area contributed by atoms with Crippen LogP contribution in [0.5, 0.6) is 11.5 Å². The van der Waals surface area contributed by atoms with Crippen molar-refractivity contribution in [2.45, 2.75) is 19.6 Å². The Morgan fingerprint density at radius 2 is 1.96 bits per heavy atom. The first kappa shape index (κ1) is 17.6. The Bertz CT molecular complexity index is 619. The molecule has 0 aliphatic rings. The zero-order valence-corrected chi connectivity index (χ0v) is 14.0. The van der Waals surface area contributed by atoms with Crippen LogP contribution in [0.3, 0.4) is 0 Å². The molecule has 2 aromatic carbocycles. The highest BCUT2D eigenvalue weighted by atomic mass is 35.5. The average Bonchev–Trinajstić information content (AvgIpc) is 2.57. The van der Waals surface area contributed by atoms with Crippen LogP contribution in [0.25, 0.3) is 0 Å². The van der Waals surface area contributed by atoms with Crippen molar-refractivity contribution >= 4 is 11.6 Å². The summed E-state index contributed by atoms with van der Waals surface area (Å²) in [5.74, 6) is 1.40. The number of methoxy groups -OCH3 is 1. The van der Waals surface area contributed by atoms with Crippen LogP contribution in [0, 0.1) is 0 Å². The molecule has 0 heterocycles. The van der Waals surface area contributed by atoms with Gasteiger partial charge in [-0.1, -0.05) is 29.8 Å². The molecule has 2 rings (SSSR count). The monoisotopic (exact) mass is 335 g/mol. The fourth-order valence-electron chi connectivity index (χ4n) is 2.17. The zero-order valence-electron chi connectivity index (χ0n) is 13.2. The third-order valence-electron chi connectivity index (χ3n) is 3.35. The van der Waals surface area contributed by atoms with Crippen molar-refractivity contribution in [2.24, 2.45) is 0 Å². The van der Waals surface area contributed by atoms with Crippen molar-refractivity contribution in [3.63, 3.8) is 0 Å². The van der Waals surface area contributed by atoms with Gasteiger partial charge in [0.15, 0.2) is 11.5 Å². The standard InChI is InChI=1S/C18H22ClNO3/c1-22-18-11-14(12-20-8-3-9-21)6-7-17(18)23-13-15-4-2-5-16(19)10-15/h2,4-7,10-11,20-21H,3,8-9,12-13H2,1H3. The molecule has 0 aromatic heterocycles. The van der Waals surface area contributed by atoms with E-state index >= 15 is 0 Å². The van der Waals surface area contributed by atoms with E-state index in [4.69, 9.17) is 26.2 Å². The number of hydrogen-bond donors (Lipinski definition) is 2. The molecule has 0 amide bonds. The maximum Gasteiger partial charge on any atom is 0.161 e. The van der Waals surface area contributed by atoms with Gasteiger partial charge < -0.3 is 19.9 Å². The largest absolute Gasteiger partial charge is 0.493 e. The molecule has 124 valence electrons. The van der Waals surface area contributed by atoms with E-state index in [0.29, 0.717) is 23.1 Å². The van der Waals surface area contributed by atoms with Gasteiger partial charge >= 0.3 is 0 Å². The van der Waals surface area contributed by atoms with Crippen LogP contribution in [0.2, 0.25) is 5.02 Å². The Kier molecular flexibility index (Phi) is 7.20. The summed E-state index contributed by atoms with van der Waals surface area (Å²) < 4.78 is 11.2. The van der Waals surface area contributed by atoms with Gasteiger partial charge in [-0.2, -0.15) is 0 Å². The van der Waals surface area contributed by atoms with Crippen LogP contribution in [-0.2, 0) is 13.2 Å². The van der Waals surface area contributed by atoms with Gasteiger partial charge in [-0.15, -0.1) is 0 Å². The van der Waals surface area contributed by atoms with Crippen LogP contribution in [0.15, 0.2) is 42.5 Å². The van der Waals surface area contributed by atoms with E-state index in [-0.39, 0.29) is 6.61 Å². The second-order valence-corrected chi connectivity index (χ2v) is 5.59. The van der Waals surface area contributed by atoms with Crippen LogP contribution < -0.4 is 14.8 Å². The van der Waals surface area contributed by atoms with Crippen molar-refractivity contribution in [2.75, 3.05) is 20.3 Å². The lowest BCUT2D eigenvalue weighted by molar-refractivity contribution is 0.283. The lowest BCUT2D eigenvalue weighted by Crippen LogP contribution is -2.15. The maximum absolute atomic E-state index is 8.77. The second-order valence-electron chi connectivity index (χ2n) is 5.16. The van der Waals surface area contributed by atoms with Crippen molar-refractivity contribution in [3.8, 4) is 11.5 Å². The number of halogens is 1. The van der Waals surface area contributed by atoms with E-state index in [1.165, 1.54) is 0 Å². The molecule has 0 atom stereocenters. The van der Waals surface area contributed by atoms with E-state index in [1.54, 1.807) is 7.11 Å². The summed E-state index contributed by atoms with van der Waals surface area (Å²) in [4.78, 5) is 0. The van der Waals surface area contributed by atoms with Gasteiger partial charge in [0.2, 0.25) is 0 Å². The molecule has 0 aliphatic carbocycles. The molecule has 5 heteroatoms. The number of benzene rings is 2. The molecule has 23 heavy (non-hydrogen) atoms. The molecule has 0 spiro atoms. The Labute approximate surface area is 142 Å². The Balaban J connectivity index is 1.96. The van der Waals surface area contributed by atoms with Crippen LogP contribution in [-0.4, -0.2) is 25.4 Å². The van der Waals surface area contributed by atoms with Gasteiger partial charge in [-0.05, 0) is 48.4 Å². The Hall–Kier alpha value is -1.75. The number of nitrogens with one attached hydrogen (secondary N) is 1. The highest BCUT2D eigenvalue weighted by molar-refractivity contribution is 6.30. The summed E-state index contributed by atoms with van der Waals surface area (Å²) in [7, 11) is 1.63. The van der Waals surface area contributed by atoms with Crippen molar-refractivity contribution in [1.29, 1.82) is 0 Å². The first-order valence-corrected chi connectivity index (χ1v) is 7.96. The summed E-state index contributed by atoms with van der Waals surface area (Å²) in [6.45, 7) is 2.15. The van der Waals surface area contributed by atoms with Crippen LogP contribution >= 0.6 is 11.6 Å². The van der Waals surface area contributed by atoms with Crippen molar-refractivity contribution < 1.29 is 14.6 Å². The highest BCUT2D eigenvalue weighted by Gasteiger charge is 2.06. The van der Waals surface area contributed by atoms with Gasteiger partial charge in [-0.3, -0.25) is 0 Å². The molecule has 0 radical (unpaired) electrons. The maximum atomic E-state index is 8.77. The number of aliphatic hydroxyl groups excluding tert-OH is 1. The minimum Gasteiger partial charge on any atom is -0.493 e.